The van der Waals surface area contributed by atoms with E-state index in [9.17, 15) is 0 Å². The summed E-state index contributed by atoms with van der Waals surface area (Å²) in [5.41, 5.74) is 15.8. The number of benzene rings is 2. The van der Waals surface area contributed by atoms with Gasteiger partial charge in [0.15, 0.2) is 0 Å². The molecule has 0 saturated carbocycles. The topological polar surface area (TPSA) is 135 Å². The first-order valence-electron chi connectivity index (χ1n) is 8.38. The van der Waals surface area contributed by atoms with Gasteiger partial charge in [0.25, 0.3) is 0 Å². The number of nitrogens with one attached hydrogen (secondary N) is 1. The maximum Gasteiger partial charge on any atom is 0.133 e. The second-order valence-electron chi connectivity index (χ2n) is 6.02. The molecule has 0 radical (unpaired) electrons. The van der Waals surface area contributed by atoms with Gasteiger partial charge in [0.2, 0.25) is 0 Å². The monoisotopic (exact) mass is 361 g/mol. The molecule has 4 rings (SSSR count). The lowest BCUT2D eigenvalue weighted by Crippen LogP contribution is -2.08. The summed E-state index contributed by atoms with van der Waals surface area (Å²) in [6, 6.07) is 12.8. The number of aryl methyl sites for hydroxylation is 1. The van der Waals surface area contributed by atoms with Gasteiger partial charge >= 0.3 is 0 Å². The number of nitrogens with two attached hydrogens (primary N) is 2. The van der Waals surface area contributed by atoms with Crippen LogP contribution in [0.5, 0.6) is 5.75 Å². The fourth-order valence-corrected chi connectivity index (χ4v) is 2.68. The van der Waals surface area contributed by atoms with Crippen LogP contribution in [0.25, 0.3) is 0 Å². The quantitative estimate of drug-likeness (QED) is 0.474. The summed E-state index contributed by atoms with van der Waals surface area (Å²) in [5, 5.41) is 20.1. The number of aromatic nitrogens is 1. The van der Waals surface area contributed by atoms with Gasteiger partial charge in [0, 0.05) is 16.9 Å². The van der Waals surface area contributed by atoms with E-state index in [1.165, 1.54) is 18.0 Å². The number of anilines is 2. The number of nitriles is 1. The molecule has 7 heteroatoms. The zero-order valence-electron chi connectivity index (χ0n) is 14.6. The first kappa shape index (κ1) is 18.0. The molecule has 1 aliphatic rings. The highest BCUT2D eigenvalue weighted by atomic mass is 16.5. The second-order valence-corrected chi connectivity index (χ2v) is 6.02. The van der Waals surface area contributed by atoms with E-state index in [0.717, 1.165) is 25.2 Å². The number of nitrogens with zero attached hydrogens (tertiary/aromatic N) is 2. The lowest BCUT2D eigenvalue weighted by Gasteiger charge is -2.16. The SMILES string of the molecule is N#Cc1ccc2c(c1)OCCC2.N=C(c1cnoc1)c1cc(N)ccc1N. The maximum atomic E-state index is 8.63. The predicted molar refractivity (Wildman–Crippen MR) is 103 cm³/mol. The van der Waals surface area contributed by atoms with Crippen LogP contribution in [-0.2, 0) is 6.42 Å². The first-order valence-corrected chi connectivity index (χ1v) is 8.38. The molecular formula is C20H19N5O2. The van der Waals surface area contributed by atoms with Gasteiger partial charge in [0.1, 0.15) is 12.0 Å². The molecule has 1 aliphatic heterocycles. The molecule has 0 amide bonds. The van der Waals surface area contributed by atoms with Crippen LogP contribution in [0.3, 0.4) is 0 Å². The van der Waals surface area contributed by atoms with E-state index < -0.39 is 0 Å². The van der Waals surface area contributed by atoms with Crippen molar-refractivity contribution in [2.75, 3.05) is 18.1 Å². The Kier molecular flexibility index (Phi) is 5.38. The molecule has 1 aromatic heterocycles. The average Bonchev–Trinajstić information content (AvgIpc) is 3.24. The van der Waals surface area contributed by atoms with E-state index in [1.54, 1.807) is 18.2 Å². The third-order valence-corrected chi connectivity index (χ3v) is 4.11. The van der Waals surface area contributed by atoms with Crippen molar-refractivity contribution in [2.24, 2.45) is 0 Å². The van der Waals surface area contributed by atoms with Crippen molar-refractivity contribution in [1.82, 2.24) is 5.16 Å². The molecule has 3 aromatic rings. The van der Waals surface area contributed by atoms with Crippen molar-refractivity contribution < 1.29 is 9.26 Å². The Hall–Kier alpha value is -3.79. The summed E-state index contributed by atoms with van der Waals surface area (Å²) in [5.74, 6) is 0.889. The molecule has 2 heterocycles. The van der Waals surface area contributed by atoms with Crippen LogP contribution in [0, 0.1) is 16.7 Å². The van der Waals surface area contributed by atoms with E-state index in [-0.39, 0.29) is 5.71 Å². The number of fused-ring (bicyclic) bond motifs is 1. The Balaban J connectivity index is 0.000000159. The van der Waals surface area contributed by atoms with Crippen LogP contribution in [-0.4, -0.2) is 17.5 Å². The van der Waals surface area contributed by atoms with Gasteiger partial charge in [-0.3, -0.25) is 5.41 Å². The van der Waals surface area contributed by atoms with Gasteiger partial charge in [-0.15, -0.1) is 0 Å². The predicted octanol–water partition coefficient (Wildman–Crippen LogP) is 3.14. The van der Waals surface area contributed by atoms with Crippen molar-refractivity contribution in [3.8, 4) is 11.8 Å². The lowest BCUT2D eigenvalue weighted by molar-refractivity contribution is 0.288. The molecule has 0 aliphatic carbocycles. The van der Waals surface area contributed by atoms with Crippen molar-refractivity contribution in [3.63, 3.8) is 0 Å². The summed E-state index contributed by atoms with van der Waals surface area (Å²) in [6.07, 6.45) is 5.01. The summed E-state index contributed by atoms with van der Waals surface area (Å²) in [6.45, 7) is 0.780. The van der Waals surface area contributed by atoms with Crippen molar-refractivity contribution in [1.29, 1.82) is 10.7 Å². The van der Waals surface area contributed by atoms with E-state index in [4.69, 9.17) is 26.9 Å². The molecule has 5 N–H and O–H groups in total. The summed E-state index contributed by atoms with van der Waals surface area (Å²) in [7, 11) is 0. The number of rotatable bonds is 2. The van der Waals surface area contributed by atoms with E-state index >= 15 is 0 Å². The van der Waals surface area contributed by atoms with Crippen molar-refractivity contribution >= 4 is 17.1 Å². The largest absolute Gasteiger partial charge is 0.493 e. The summed E-state index contributed by atoms with van der Waals surface area (Å²) < 4.78 is 10.1. The van der Waals surface area contributed by atoms with E-state index in [2.05, 4.69) is 15.7 Å². The number of hydrogen-bond acceptors (Lipinski definition) is 7. The van der Waals surface area contributed by atoms with Gasteiger partial charge in [-0.25, -0.2) is 0 Å². The van der Waals surface area contributed by atoms with E-state index in [0.29, 0.717) is 28.1 Å². The highest BCUT2D eigenvalue weighted by Gasteiger charge is 2.11. The van der Waals surface area contributed by atoms with Crippen molar-refractivity contribution in [2.45, 2.75) is 12.8 Å². The molecular weight excluding hydrogens is 342 g/mol. The molecule has 0 unspecified atom stereocenters. The minimum Gasteiger partial charge on any atom is -0.493 e. The summed E-state index contributed by atoms with van der Waals surface area (Å²) in [4.78, 5) is 0. The lowest BCUT2D eigenvalue weighted by atomic mass is 10.0. The highest BCUT2D eigenvalue weighted by Crippen LogP contribution is 2.25. The molecule has 0 saturated heterocycles. The Morgan fingerprint density at radius 3 is 2.78 bits per heavy atom. The zero-order chi connectivity index (χ0) is 19.2. The molecule has 0 fully saturated rings. The summed E-state index contributed by atoms with van der Waals surface area (Å²) >= 11 is 0. The van der Waals surface area contributed by atoms with Gasteiger partial charge in [0.05, 0.1) is 35.7 Å². The molecule has 27 heavy (non-hydrogen) atoms. The molecule has 136 valence electrons. The zero-order valence-corrected chi connectivity index (χ0v) is 14.6. The molecule has 0 bridgehead atoms. The van der Waals surface area contributed by atoms with Crippen LogP contribution >= 0.6 is 0 Å². The van der Waals surface area contributed by atoms with E-state index in [1.807, 2.05) is 18.2 Å². The van der Waals surface area contributed by atoms with Crippen LogP contribution in [0.15, 0.2) is 53.4 Å². The molecule has 0 spiro atoms. The molecule has 7 nitrogen and oxygen atoms in total. The van der Waals surface area contributed by atoms with Crippen LogP contribution < -0.4 is 16.2 Å². The Bertz CT molecular complexity index is 990. The minimum atomic E-state index is 0.251. The molecule has 2 aromatic carbocycles. The maximum absolute atomic E-state index is 8.63. The Labute approximate surface area is 156 Å². The smallest absolute Gasteiger partial charge is 0.133 e. The fourth-order valence-electron chi connectivity index (χ4n) is 2.68. The number of nitrogen functional groups attached to an aromatic ring is 2. The highest BCUT2D eigenvalue weighted by molar-refractivity contribution is 6.13. The van der Waals surface area contributed by atoms with Gasteiger partial charge in [-0.1, -0.05) is 11.2 Å². The Morgan fingerprint density at radius 1 is 1.19 bits per heavy atom. The van der Waals surface area contributed by atoms with Gasteiger partial charge in [-0.05, 0) is 48.7 Å². The average molecular weight is 361 g/mol. The van der Waals surface area contributed by atoms with Crippen LogP contribution in [0.2, 0.25) is 0 Å². The fraction of sp³-hybridized carbons (Fsp3) is 0.150. The second kappa shape index (κ2) is 8.06. The third kappa shape index (κ3) is 4.25. The molecule has 0 atom stereocenters. The number of ether oxygens (including phenoxy) is 1. The first-order chi connectivity index (χ1) is 13.1. The van der Waals surface area contributed by atoms with Crippen LogP contribution in [0.4, 0.5) is 11.4 Å². The standard InChI is InChI=1S/C10H10N4O.C10H9NO/c11-7-1-2-9(12)8(3-7)10(13)6-4-14-15-5-6;11-7-8-3-4-9-2-1-5-12-10(9)6-8/h1-5,13H,11-12H2;3-4,6H,1-2,5H2. The minimum absolute atomic E-state index is 0.251. The van der Waals surface area contributed by atoms with Crippen LogP contribution in [0.1, 0.15) is 28.7 Å². The third-order valence-electron chi connectivity index (χ3n) is 4.11. The number of hydrogen-bond donors (Lipinski definition) is 3. The Morgan fingerprint density at radius 2 is 2.04 bits per heavy atom. The van der Waals surface area contributed by atoms with Crippen molar-refractivity contribution in [3.05, 3.63) is 71.1 Å². The normalized spacial score (nSPS) is 12.0. The van der Waals surface area contributed by atoms with Gasteiger partial charge in [-0.2, -0.15) is 5.26 Å². The van der Waals surface area contributed by atoms with Gasteiger partial charge < -0.3 is 20.7 Å².